The van der Waals surface area contributed by atoms with Crippen molar-refractivity contribution in [2.24, 2.45) is 0 Å². The summed E-state index contributed by atoms with van der Waals surface area (Å²) in [7, 11) is 2.30. The minimum atomic E-state index is -1.26. The predicted molar refractivity (Wildman–Crippen MR) is 130 cm³/mol. The smallest absolute Gasteiger partial charge is 0.328 e. The molecule has 34 heavy (non-hydrogen) atoms. The van der Waals surface area contributed by atoms with Gasteiger partial charge in [-0.3, -0.25) is 0 Å². The number of fused-ring (bicyclic) bond motifs is 4. The van der Waals surface area contributed by atoms with E-state index in [2.05, 4.69) is 61.3 Å². The zero-order valence-electron chi connectivity index (χ0n) is 19.8. The number of nitrogens with zero attached hydrogens (tertiary/aromatic N) is 1. The van der Waals surface area contributed by atoms with E-state index >= 15 is 0 Å². The fraction of sp³-hybridized carbons (Fsp3) is 0.429. The van der Waals surface area contributed by atoms with E-state index in [-0.39, 0.29) is 6.10 Å². The monoisotopic (exact) mass is 463 g/mol. The lowest BCUT2D eigenvalue weighted by Gasteiger charge is -2.38. The van der Waals surface area contributed by atoms with Crippen LogP contribution in [0.15, 0.2) is 54.6 Å². The van der Waals surface area contributed by atoms with Crippen molar-refractivity contribution in [3.63, 3.8) is 0 Å². The van der Waals surface area contributed by atoms with Crippen LogP contribution in [0.5, 0.6) is 0 Å². The van der Waals surface area contributed by atoms with Gasteiger partial charge < -0.3 is 19.8 Å². The highest BCUT2D eigenvalue weighted by atomic mass is 16.5. The van der Waals surface area contributed by atoms with Crippen molar-refractivity contribution in [2.75, 3.05) is 7.05 Å². The molecule has 2 aromatic carbocycles. The molecule has 2 aromatic rings. The first-order chi connectivity index (χ1) is 16.3. The van der Waals surface area contributed by atoms with Crippen molar-refractivity contribution >= 4 is 11.9 Å². The number of piperidine rings is 1. The van der Waals surface area contributed by atoms with E-state index in [1.54, 1.807) is 0 Å². The molecule has 6 nitrogen and oxygen atoms in total. The lowest BCUT2D eigenvalue weighted by molar-refractivity contribution is -0.134. The number of carboxylic acid groups (broad SMARTS) is 2. The van der Waals surface area contributed by atoms with Gasteiger partial charge in [-0.05, 0) is 74.8 Å². The molecular formula is C28H33NO5. The SMILES string of the molecule is Cc1ccc2c(c1)C(OC1CC3CCC(C1)N3C)c1ccccc1CC2.O=C(O)/C=C/C(=O)O. The van der Waals surface area contributed by atoms with Crippen molar-refractivity contribution in [1.29, 1.82) is 0 Å². The molecule has 3 atom stereocenters. The van der Waals surface area contributed by atoms with E-state index in [0.717, 1.165) is 24.9 Å². The topological polar surface area (TPSA) is 87.1 Å². The Morgan fingerprint density at radius 2 is 1.50 bits per heavy atom. The highest BCUT2D eigenvalue weighted by molar-refractivity contribution is 5.89. The molecule has 2 bridgehead atoms. The Kier molecular flexibility index (Phi) is 7.49. The average Bonchev–Trinajstić information content (AvgIpc) is 2.97. The maximum absolute atomic E-state index is 9.55. The summed E-state index contributed by atoms with van der Waals surface area (Å²) in [5.74, 6) is -2.51. The summed E-state index contributed by atoms with van der Waals surface area (Å²) in [6, 6.07) is 17.3. The summed E-state index contributed by atoms with van der Waals surface area (Å²) in [6.07, 6.45) is 8.89. The Morgan fingerprint density at radius 1 is 0.912 bits per heavy atom. The van der Waals surface area contributed by atoms with E-state index in [9.17, 15) is 9.59 Å². The zero-order valence-corrected chi connectivity index (χ0v) is 19.8. The van der Waals surface area contributed by atoms with Gasteiger partial charge in [0.05, 0.1) is 6.10 Å². The summed E-state index contributed by atoms with van der Waals surface area (Å²) >= 11 is 0. The van der Waals surface area contributed by atoms with Crippen molar-refractivity contribution in [3.8, 4) is 0 Å². The van der Waals surface area contributed by atoms with E-state index < -0.39 is 11.9 Å². The van der Waals surface area contributed by atoms with Gasteiger partial charge in [-0.25, -0.2) is 9.59 Å². The van der Waals surface area contributed by atoms with Gasteiger partial charge in [0.1, 0.15) is 6.10 Å². The maximum atomic E-state index is 9.55. The van der Waals surface area contributed by atoms with Gasteiger partial charge in [-0.2, -0.15) is 0 Å². The molecule has 0 saturated carbocycles. The molecule has 2 aliphatic heterocycles. The molecule has 2 fully saturated rings. The van der Waals surface area contributed by atoms with Crippen LogP contribution in [0.3, 0.4) is 0 Å². The number of aryl methyl sites for hydroxylation is 3. The lowest BCUT2D eigenvalue weighted by atomic mass is 9.94. The number of ether oxygens (including phenoxy) is 1. The Morgan fingerprint density at radius 3 is 2.12 bits per heavy atom. The maximum Gasteiger partial charge on any atom is 0.328 e. The molecule has 5 rings (SSSR count). The second-order valence-corrected chi connectivity index (χ2v) is 9.57. The van der Waals surface area contributed by atoms with E-state index in [1.165, 1.54) is 53.5 Å². The van der Waals surface area contributed by atoms with E-state index in [4.69, 9.17) is 14.9 Å². The first kappa shape index (κ1) is 24.2. The number of benzene rings is 2. The predicted octanol–water partition coefficient (Wildman–Crippen LogP) is 4.54. The van der Waals surface area contributed by atoms with Crippen LogP contribution >= 0.6 is 0 Å². The molecule has 3 unspecified atom stereocenters. The van der Waals surface area contributed by atoms with Gasteiger partial charge in [-0.15, -0.1) is 0 Å². The molecule has 180 valence electrons. The summed E-state index contributed by atoms with van der Waals surface area (Å²) in [6.45, 7) is 2.20. The number of carbonyl (C=O) groups is 2. The number of hydrogen-bond acceptors (Lipinski definition) is 4. The third-order valence-corrected chi connectivity index (χ3v) is 7.34. The van der Waals surface area contributed by atoms with Crippen LogP contribution in [0.4, 0.5) is 0 Å². The Bertz CT molecular complexity index is 1050. The Balaban J connectivity index is 0.000000297. The molecule has 2 saturated heterocycles. The lowest BCUT2D eigenvalue weighted by Crippen LogP contribution is -2.43. The molecule has 3 aliphatic rings. The summed E-state index contributed by atoms with van der Waals surface area (Å²) in [4.78, 5) is 21.7. The number of carboxylic acids is 2. The largest absolute Gasteiger partial charge is 0.478 e. The van der Waals surface area contributed by atoms with Gasteiger partial charge in [0, 0.05) is 24.2 Å². The molecular weight excluding hydrogens is 430 g/mol. The molecule has 0 aromatic heterocycles. The van der Waals surface area contributed by atoms with Crippen LogP contribution in [0, 0.1) is 6.92 Å². The third kappa shape index (κ3) is 5.57. The minimum absolute atomic E-state index is 0.0939. The number of rotatable bonds is 4. The Labute approximate surface area is 200 Å². The second kappa shape index (κ2) is 10.5. The van der Waals surface area contributed by atoms with Crippen molar-refractivity contribution < 1.29 is 24.5 Å². The highest BCUT2D eigenvalue weighted by Crippen LogP contribution is 2.41. The normalized spacial score (nSPS) is 25.6. The molecule has 2 N–H and O–H groups in total. The van der Waals surface area contributed by atoms with Crippen LogP contribution in [0.25, 0.3) is 0 Å². The van der Waals surface area contributed by atoms with Crippen LogP contribution in [-0.2, 0) is 27.2 Å². The number of aliphatic carboxylic acids is 2. The number of hydrogen-bond donors (Lipinski definition) is 2. The van der Waals surface area contributed by atoms with Crippen LogP contribution in [-0.4, -0.2) is 52.3 Å². The second-order valence-electron chi connectivity index (χ2n) is 9.57. The molecule has 0 amide bonds. The highest BCUT2D eigenvalue weighted by Gasteiger charge is 2.40. The van der Waals surface area contributed by atoms with Gasteiger partial charge >= 0.3 is 11.9 Å². The van der Waals surface area contributed by atoms with E-state index in [1.807, 2.05) is 0 Å². The van der Waals surface area contributed by atoms with Crippen molar-refractivity contribution in [3.05, 3.63) is 82.4 Å². The molecule has 0 spiro atoms. The van der Waals surface area contributed by atoms with Gasteiger partial charge in [0.2, 0.25) is 0 Å². The summed E-state index contributed by atoms with van der Waals surface area (Å²) in [5, 5.41) is 15.6. The van der Waals surface area contributed by atoms with Crippen LogP contribution in [0.2, 0.25) is 0 Å². The molecule has 2 heterocycles. The molecule has 1 aliphatic carbocycles. The zero-order chi connectivity index (χ0) is 24.2. The summed E-state index contributed by atoms with van der Waals surface area (Å²) < 4.78 is 6.92. The van der Waals surface area contributed by atoms with Gasteiger partial charge in [0.25, 0.3) is 0 Å². The quantitative estimate of drug-likeness (QED) is 0.648. The van der Waals surface area contributed by atoms with E-state index in [0.29, 0.717) is 18.3 Å². The average molecular weight is 464 g/mol. The van der Waals surface area contributed by atoms with Crippen molar-refractivity contribution in [2.45, 2.75) is 69.7 Å². The Hall–Kier alpha value is -2.96. The molecule has 6 heteroatoms. The summed E-state index contributed by atoms with van der Waals surface area (Å²) in [5.41, 5.74) is 7.06. The first-order valence-electron chi connectivity index (χ1n) is 12.0. The first-order valence-corrected chi connectivity index (χ1v) is 12.0. The fourth-order valence-electron chi connectivity index (χ4n) is 5.59. The minimum Gasteiger partial charge on any atom is -0.478 e. The standard InChI is InChI=1S/C24H29NO.C4H4O4/c1-16-7-8-18-10-9-17-5-3-4-6-22(17)24(23(18)13-16)26-21-14-19-11-12-20(15-21)25(19)2;5-3(6)1-2-4(7)8/h3-8,13,19-21,24H,9-12,14-15H2,1-2H3;1-2H,(H,5,6)(H,7,8)/b;2-1+. The third-order valence-electron chi connectivity index (χ3n) is 7.34. The fourth-order valence-corrected chi connectivity index (χ4v) is 5.59. The van der Waals surface area contributed by atoms with Gasteiger partial charge in [0.15, 0.2) is 0 Å². The van der Waals surface area contributed by atoms with Crippen LogP contribution < -0.4 is 0 Å². The van der Waals surface area contributed by atoms with Gasteiger partial charge in [-0.1, -0.05) is 48.0 Å². The van der Waals surface area contributed by atoms with Crippen LogP contribution in [0.1, 0.15) is 59.6 Å². The molecule has 0 radical (unpaired) electrons. The van der Waals surface area contributed by atoms with Crippen molar-refractivity contribution in [1.82, 2.24) is 4.90 Å².